The number of benzene rings is 1. The molecule has 5 nitrogen and oxygen atoms in total. The quantitative estimate of drug-likeness (QED) is 0.433. The third kappa shape index (κ3) is 5.04. The summed E-state index contributed by atoms with van der Waals surface area (Å²) >= 11 is 0. The summed E-state index contributed by atoms with van der Waals surface area (Å²) in [5, 5.41) is 30.2. The van der Waals surface area contributed by atoms with Crippen LogP contribution in [0.3, 0.4) is 0 Å². The van der Waals surface area contributed by atoms with Gasteiger partial charge < -0.3 is 20.1 Å². The molecular weight excluding hydrogens is 392 g/mol. The van der Waals surface area contributed by atoms with E-state index in [1.165, 1.54) is 16.7 Å². The van der Waals surface area contributed by atoms with E-state index in [1.54, 1.807) is 7.11 Å². The van der Waals surface area contributed by atoms with Crippen molar-refractivity contribution in [3.05, 3.63) is 53.1 Å². The SMILES string of the molecule is COc1ccc2c(c1)CC([C@H](O)/C=C/[C@@H]1C3C/C(=C/CCCC(=O)O)CC3C[C@H]1O)C2. The van der Waals surface area contributed by atoms with Gasteiger partial charge in [0.1, 0.15) is 5.75 Å². The molecule has 0 radical (unpaired) electrons. The average Bonchev–Trinajstić information content (AvgIpc) is 3.41. The fourth-order valence-electron chi connectivity index (χ4n) is 5.90. The van der Waals surface area contributed by atoms with Crippen LogP contribution in [0.4, 0.5) is 0 Å². The van der Waals surface area contributed by atoms with Crippen molar-refractivity contribution in [2.45, 2.75) is 63.6 Å². The zero-order valence-corrected chi connectivity index (χ0v) is 18.2. The van der Waals surface area contributed by atoms with Crippen LogP contribution in [-0.2, 0) is 17.6 Å². The molecule has 0 bridgehead atoms. The number of carboxylic acid groups (broad SMARTS) is 1. The van der Waals surface area contributed by atoms with Crippen LogP contribution in [0.1, 0.15) is 49.7 Å². The number of methoxy groups -OCH3 is 1. The van der Waals surface area contributed by atoms with Crippen molar-refractivity contribution in [3.8, 4) is 5.75 Å². The van der Waals surface area contributed by atoms with Gasteiger partial charge in [-0.3, -0.25) is 4.79 Å². The highest BCUT2D eigenvalue weighted by molar-refractivity contribution is 5.66. The van der Waals surface area contributed by atoms with Crippen molar-refractivity contribution in [1.29, 1.82) is 0 Å². The van der Waals surface area contributed by atoms with Gasteiger partial charge in [0.2, 0.25) is 0 Å². The Hall–Kier alpha value is -2.11. The number of hydrogen-bond donors (Lipinski definition) is 3. The molecular formula is C26H34O5. The summed E-state index contributed by atoms with van der Waals surface area (Å²) in [7, 11) is 1.67. The number of allylic oxidation sites excluding steroid dienone is 2. The predicted molar refractivity (Wildman–Crippen MR) is 119 cm³/mol. The molecule has 0 aromatic heterocycles. The second-order valence-corrected chi connectivity index (χ2v) is 9.54. The number of unbranched alkanes of at least 4 members (excludes halogenated alkanes) is 1. The van der Waals surface area contributed by atoms with Crippen molar-refractivity contribution in [3.63, 3.8) is 0 Å². The highest BCUT2D eigenvalue weighted by atomic mass is 16.5. The third-order valence-electron chi connectivity index (χ3n) is 7.53. The second kappa shape index (κ2) is 9.58. The van der Waals surface area contributed by atoms with Crippen LogP contribution in [0.5, 0.6) is 5.75 Å². The maximum absolute atomic E-state index is 10.8. The van der Waals surface area contributed by atoms with Gasteiger partial charge in [-0.25, -0.2) is 0 Å². The molecule has 0 aliphatic heterocycles. The lowest BCUT2D eigenvalue weighted by Crippen LogP contribution is -2.21. The molecule has 4 rings (SSSR count). The number of rotatable bonds is 8. The average molecular weight is 427 g/mol. The molecule has 0 spiro atoms. The summed E-state index contributed by atoms with van der Waals surface area (Å²) in [5.74, 6) is 1.30. The number of carbonyl (C=O) groups is 1. The van der Waals surface area contributed by atoms with Gasteiger partial charge in [0, 0.05) is 12.3 Å². The Morgan fingerprint density at radius 1 is 1.23 bits per heavy atom. The van der Waals surface area contributed by atoms with Gasteiger partial charge in [-0.15, -0.1) is 0 Å². The molecule has 168 valence electrons. The van der Waals surface area contributed by atoms with Crippen molar-refractivity contribution in [2.75, 3.05) is 7.11 Å². The van der Waals surface area contributed by atoms with Crippen LogP contribution < -0.4 is 4.74 Å². The summed E-state index contributed by atoms with van der Waals surface area (Å²) in [6.07, 6.45) is 11.6. The zero-order chi connectivity index (χ0) is 22.0. The van der Waals surface area contributed by atoms with Crippen molar-refractivity contribution in [1.82, 2.24) is 0 Å². The molecule has 0 heterocycles. The smallest absolute Gasteiger partial charge is 0.303 e. The Bertz CT molecular complexity index is 857. The van der Waals surface area contributed by atoms with Crippen LogP contribution in [0.15, 0.2) is 42.0 Å². The van der Waals surface area contributed by atoms with E-state index in [1.807, 2.05) is 12.1 Å². The maximum Gasteiger partial charge on any atom is 0.303 e. The Balaban J connectivity index is 1.33. The fraction of sp³-hybridized carbons (Fsp3) is 0.577. The van der Waals surface area contributed by atoms with E-state index < -0.39 is 12.1 Å². The maximum atomic E-state index is 10.8. The number of aliphatic carboxylic acids is 1. The number of fused-ring (bicyclic) bond motifs is 2. The van der Waals surface area contributed by atoms with Gasteiger partial charge in [0.05, 0.1) is 19.3 Å². The van der Waals surface area contributed by atoms with Crippen LogP contribution in [-0.4, -0.2) is 40.6 Å². The molecule has 0 amide bonds. The topological polar surface area (TPSA) is 87.0 Å². The minimum Gasteiger partial charge on any atom is -0.497 e. The van der Waals surface area contributed by atoms with Crippen LogP contribution in [0.25, 0.3) is 0 Å². The van der Waals surface area contributed by atoms with Crippen LogP contribution >= 0.6 is 0 Å². The molecule has 3 N–H and O–H groups in total. The summed E-state index contributed by atoms with van der Waals surface area (Å²) in [6, 6.07) is 6.14. The molecule has 3 aliphatic carbocycles. The van der Waals surface area contributed by atoms with Crippen molar-refractivity contribution >= 4 is 5.97 Å². The van der Waals surface area contributed by atoms with E-state index >= 15 is 0 Å². The third-order valence-corrected chi connectivity index (χ3v) is 7.53. The number of carboxylic acids is 1. The van der Waals surface area contributed by atoms with Gasteiger partial charge in [-0.1, -0.05) is 29.9 Å². The summed E-state index contributed by atoms with van der Waals surface area (Å²) < 4.78 is 5.32. The molecule has 6 atom stereocenters. The Morgan fingerprint density at radius 2 is 2.03 bits per heavy atom. The van der Waals surface area contributed by atoms with E-state index in [2.05, 4.69) is 24.3 Å². The minimum absolute atomic E-state index is 0.0911. The molecule has 3 aliphatic rings. The summed E-state index contributed by atoms with van der Waals surface area (Å²) in [4.78, 5) is 10.7. The highest BCUT2D eigenvalue weighted by Crippen LogP contribution is 2.50. The van der Waals surface area contributed by atoms with Gasteiger partial charge in [-0.2, -0.15) is 0 Å². The highest BCUT2D eigenvalue weighted by Gasteiger charge is 2.45. The monoisotopic (exact) mass is 426 g/mol. The van der Waals surface area contributed by atoms with Gasteiger partial charge in [-0.05, 0) is 86.0 Å². The standard InChI is InChI=1S/C26H34O5/c1-31-21-7-6-17-12-20(13-18(17)14-21)24(27)9-8-22-23-11-16(4-2-3-5-26(29)30)10-19(23)15-25(22)28/h4,6-9,14,19-20,22-25,27-28H,2-3,5,10-13,15H2,1H3,(H,29,30)/b9-8+,16-4+/t19?,20?,22-,23?,24-,25-/m1/s1. The normalized spacial score (nSPS) is 31.8. The molecule has 1 aromatic carbocycles. The van der Waals surface area contributed by atoms with Gasteiger partial charge in [0.25, 0.3) is 0 Å². The molecule has 3 unspecified atom stereocenters. The zero-order valence-electron chi connectivity index (χ0n) is 18.2. The second-order valence-electron chi connectivity index (χ2n) is 9.54. The lowest BCUT2D eigenvalue weighted by atomic mass is 9.89. The fourth-order valence-corrected chi connectivity index (χ4v) is 5.90. The Kier molecular flexibility index (Phi) is 6.83. The molecule has 2 fully saturated rings. The first-order chi connectivity index (χ1) is 14.9. The summed E-state index contributed by atoms with van der Waals surface area (Å²) in [5.41, 5.74) is 3.95. The number of aliphatic hydroxyl groups is 2. The summed E-state index contributed by atoms with van der Waals surface area (Å²) in [6.45, 7) is 0. The number of aliphatic hydroxyl groups excluding tert-OH is 2. The lowest BCUT2D eigenvalue weighted by Gasteiger charge is -2.19. The lowest BCUT2D eigenvalue weighted by molar-refractivity contribution is -0.137. The van der Waals surface area contributed by atoms with Gasteiger partial charge in [0.15, 0.2) is 0 Å². The molecule has 0 saturated heterocycles. The van der Waals surface area contributed by atoms with E-state index in [0.717, 1.165) is 44.3 Å². The first kappa shape index (κ1) is 22.1. The number of ether oxygens (including phenoxy) is 1. The first-order valence-corrected chi connectivity index (χ1v) is 11.5. The van der Waals surface area contributed by atoms with E-state index in [4.69, 9.17) is 9.84 Å². The van der Waals surface area contributed by atoms with E-state index in [0.29, 0.717) is 18.3 Å². The van der Waals surface area contributed by atoms with Gasteiger partial charge >= 0.3 is 5.97 Å². The molecule has 31 heavy (non-hydrogen) atoms. The molecule has 1 aromatic rings. The minimum atomic E-state index is -0.738. The van der Waals surface area contributed by atoms with Crippen molar-refractivity contribution in [2.24, 2.45) is 23.7 Å². The predicted octanol–water partition coefficient (Wildman–Crippen LogP) is 3.92. The number of hydrogen-bond acceptors (Lipinski definition) is 4. The largest absolute Gasteiger partial charge is 0.497 e. The van der Waals surface area contributed by atoms with Crippen LogP contribution in [0.2, 0.25) is 0 Å². The molecule has 5 heteroatoms. The Morgan fingerprint density at radius 3 is 2.81 bits per heavy atom. The first-order valence-electron chi connectivity index (χ1n) is 11.5. The Labute approximate surface area is 184 Å². The van der Waals surface area contributed by atoms with E-state index in [9.17, 15) is 15.0 Å². The van der Waals surface area contributed by atoms with Crippen molar-refractivity contribution < 1.29 is 24.9 Å². The van der Waals surface area contributed by atoms with Crippen LogP contribution in [0, 0.1) is 23.7 Å². The molecule has 2 saturated carbocycles. The van der Waals surface area contributed by atoms with E-state index in [-0.39, 0.29) is 24.4 Å².